The second-order valence-corrected chi connectivity index (χ2v) is 4.82. The van der Waals surface area contributed by atoms with Gasteiger partial charge >= 0.3 is 5.97 Å². The van der Waals surface area contributed by atoms with Crippen molar-refractivity contribution in [2.24, 2.45) is 5.41 Å². The number of nitrogens with one attached hydrogen (secondary N) is 1. The number of carbonyl (C=O) groups excluding carboxylic acids is 1. The molecule has 106 valence electrons. The molecule has 0 aliphatic carbocycles. The van der Waals surface area contributed by atoms with Crippen molar-refractivity contribution in [2.75, 3.05) is 6.54 Å². The standard InChI is InChI=1S/C13H20N2O4/c1-5-9-10(8(3)19-15-9)11(16)14-7-13(4,6-2)12(17)18/h5-7H2,1-4H3,(H,14,16)(H,17,18). The number of rotatable bonds is 6. The third-order valence-corrected chi connectivity index (χ3v) is 3.43. The number of carboxylic acid groups (broad SMARTS) is 1. The molecule has 0 aliphatic rings. The molecule has 0 saturated carbocycles. The minimum Gasteiger partial charge on any atom is -0.481 e. The lowest BCUT2D eigenvalue weighted by Crippen LogP contribution is -2.40. The van der Waals surface area contributed by atoms with E-state index in [0.717, 1.165) is 0 Å². The lowest BCUT2D eigenvalue weighted by atomic mass is 9.87. The molecule has 1 aromatic rings. The van der Waals surface area contributed by atoms with Gasteiger partial charge in [0.25, 0.3) is 5.91 Å². The van der Waals surface area contributed by atoms with Crippen LogP contribution in [0, 0.1) is 12.3 Å². The third kappa shape index (κ3) is 3.13. The van der Waals surface area contributed by atoms with Crippen LogP contribution in [0.1, 0.15) is 49.0 Å². The number of hydrogen-bond acceptors (Lipinski definition) is 4. The van der Waals surface area contributed by atoms with E-state index in [2.05, 4.69) is 10.5 Å². The van der Waals surface area contributed by atoms with Gasteiger partial charge in [-0.2, -0.15) is 0 Å². The van der Waals surface area contributed by atoms with E-state index < -0.39 is 11.4 Å². The SMILES string of the molecule is CCc1noc(C)c1C(=O)NCC(C)(CC)C(=O)O. The molecule has 0 aromatic carbocycles. The molecule has 6 nitrogen and oxygen atoms in total. The highest BCUT2D eigenvalue weighted by Gasteiger charge is 2.32. The summed E-state index contributed by atoms with van der Waals surface area (Å²) in [5.41, 5.74) is 0.0301. The first-order valence-electron chi connectivity index (χ1n) is 6.32. The van der Waals surface area contributed by atoms with E-state index in [1.165, 1.54) is 0 Å². The summed E-state index contributed by atoms with van der Waals surface area (Å²) < 4.78 is 4.99. The predicted octanol–water partition coefficient (Wildman–Crippen LogP) is 1.78. The zero-order valence-corrected chi connectivity index (χ0v) is 11.7. The van der Waals surface area contributed by atoms with Crippen molar-refractivity contribution in [3.05, 3.63) is 17.0 Å². The highest BCUT2D eigenvalue weighted by Crippen LogP contribution is 2.21. The van der Waals surface area contributed by atoms with Crippen LogP contribution in [0.15, 0.2) is 4.52 Å². The number of aliphatic carboxylic acids is 1. The van der Waals surface area contributed by atoms with Crippen molar-refractivity contribution in [2.45, 2.75) is 40.5 Å². The fourth-order valence-electron chi connectivity index (χ4n) is 1.67. The maximum atomic E-state index is 12.1. The van der Waals surface area contributed by atoms with Crippen molar-refractivity contribution in [1.29, 1.82) is 0 Å². The van der Waals surface area contributed by atoms with E-state index in [0.29, 0.717) is 29.9 Å². The van der Waals surface area contributed by atoms with E-state index >= 15 is 0 Å². The van der Waals surface area contributed by atoms with Crippen LogP contribution < -0.4 is 5.32 Å². The fourth-order valence-corrected chi connectivity index (χ4v) is 1.67. The Labute approximate surface area is 112 Å². The number of aryl methyl sites for hydroxylation is 2. The Morgan fingerprint density at radius 3 is 2.53 bits per heavy atom. The molecule has 1 atom stereocenters. The van der Waals surface area contributed by atoms with Gasteiger partial charge in [-0.05, 0) is 26.7 Å². The molecular weight excluding hydrogens is 248 g/mol. The van der Waals surface area contributed by atoms with Gasteiger partial charge in [0.2, 0.25) is 0 Å². The minimum absolute atomic E-state index is 0.0748. The largest absolute Gasteiger partial charge is 0.481 e. The molecule has 1 amide bonds. The molecule has 0 bridgehead atoms. The van der Waals surface area contributed by atoms with Crippen LogP contribution >= 0.6 is 0 Å². The zero-order valence-electron chi connectivity index (χ0n) is 11.7. The topological polar surface area (TPSA) is 92.4 Å². The maximum Gasteiger partial charge on any atom is 0.311 e. The van der Waals surface area contributed by atoms with Gasteiger partial charge < -0.3 is 14.9 Å². The van der Waals surface area contributed by atoms with Gasteiger partial charge in [0.05, 0.1) is 11.1 Å². The van der Waals surface area contributed by atoms with Crippen molar-refractivity contribution in [1.82, 2.24) is 10.5 Å². The van der Waals surface area contributed by atoms with Gasteiger partial charge in [-0.1, -0.05) is 19.0 Å². The minimum atomic E-state index is -0.965. The quantitative estimate of drug-likeness (QED) is 0.820. The number of nitrogens with zero attached hydrogens (tertiary/aromatic N) is 1. The van der Waals surface area contributed by atoms with Gasteiger partial charge in [-0.3, -0.25) is 9.59 Å². The summed E-state index contributed by atoms with van der Waals surface area (Å²) in [4.78, 5) is 23.2. The van der Waals surface area contributed by atoms with Crippen molar-refractivity contribution in [3.63, 3.8) is 0 Å². The predicted molar refractivity (Wildman–Crippen MR) is 69.0 cm³/mol. The average molecular weight is 268 g/mol. The van der Waals surface area contributed by atoms with Crippen molar-refractivity contribution >= 4 is 11.9 Å². The molecule has 1 aromatic heterocycles. The number of carboxylic acids is 1. The van der Waals surface area contributed by atoms with Crippen molar-refractivity contribution < 1.29 is 19.2 Å². The second-order valence-electron chi connectivity index (χ2n) is 4.82. The van der Waals surface area contributed by atoms with Crippen LogP contribution in [0.5, 0.6) is 0 Å². The molecule has 19 heavy (non-hydrogen) atoms. The summed E-state index contributed by atoms with van der Waals surface area (Å²) in [7, 11) is 0. The van der Waals surface area contributed by atoms with Crippen LogP contribution in [-0.2, 0) is 11.2 Å². The van der Waals surface area contributed by atoms with E-state index in [1.807, 2.05) is 6.92 Å². The van der Waals surface area contributed by atoms with E-state index in [1.54, 1.807) is 20.8 Å². The highest BCUT2D eigenvalue weighted by atomic mass is 16.5. The van der Waals surface area contributed by atoms with Crippen molar-refractivity contribution in [3.8, 4) is 0 Å². The Morgan fingerprint density at radius 1 is 1.42 bits per heavy atom. The number of amides is 1. The molecule has 0 saturated heterocycles. The van der Waals surface area contributed by atoms with Crippen LogP contribution in [0.4, 0.5) is 0 Å². The molecule has 1 unspecified atom stereocenters. The number of hydrogen-bond donors (Lipinski definition) is 2. The Hall–Kier alpha value is -1.85. The van der Waals surface area contributed by atoms with Gasteiger partial charge in [-0.25, -0.2) is 0 Å². The molecule has 0 fully saturated rings. The van der Waals surface area contributed by atoms with Gasteiger partial charge in [0.1, 0.15) is 11.3 Å². The Kier molecular flexibility index (Phi) is 4.69. The average Bonchev–Trinajstić information content (AvgIpc) is 2.76. The van der Waals surface area contributed by atoms with Gasteiger partial charge in [0.15, 0.2) is 0 Å². The van der Waals surface area contributed by atoms with Crippen LogP contribution in [-0.4, -0.2) is 28.7 Å². The van der Waals surface area contributed by atoms with Gasteiger partial charge in [0, 0.05) is 6.54 Å². The lowest BCUT2D eigenvalue weighted by molar-refractivity contribution is -0.147. The summed E-state index contributed by atoms with van der Waals surface area (Å²) in [5, 5.41) is 15.6. The van der Waals surface area contributed by atoms with Crippen LogP contribution in [0.3, 0.4) is 0 Å². The molecule has 0 radical (unpaired) electrons. The lowest BCUT2D eigenvalue weighted by Gasteiger charge is -2.23. The summed E-state index contributed by atoms with van der Waals surface area (Å²) in [6, 6.07) is 0. The molecule has 2 N–H and O–H groups in total. The molecule has 6 heteroatoms. The number of aromatic nitrogens is 1. The van der Waals surface area contributed by atoms with Crippen LogP contribution in [0.25, 0.3) is 0 Å². The molecule has 0 spiro atoms. The Morgan fingerprint density at radius 2 is 2.05 bits per heavy atom. The first kappa shape index (κ1) is 15.2. The monoisotopic (exact) mass is 268 g/mol. The second kappa shape index (κ2) is 5.86. The third-order valence-electron chi connectivity index (χ3n) is 3.43. The Bertz CT molecular complexity index is 481. The Balaban J connectivity index is 2.81. The number of carbonyl (C=O) groups is 2. The van der Waals surface area contributed by atoms with Gasteiger partial charge in [-0.15, -0.1) is 0 Å². The summed E-state index contributed by atoms with van der Waals surface area (Å²) in [6.45, 7) is 7.00. The van der Waals surface area contributed by atoms with E-state index in [4.69, 9.17) is 9.63 Å². The molecule has 1 heterocycles. The summed E-state index contributed by atoms with van der Waals surface area (Å²) in [6.07, 6.45) is 1.02. The van der Waals surface area contributed by atoms with E-state index in [-0.39, 0.29) is 12.5 Å². The molecular formula is C13H20N2O4. The molecule has 0 aliphatic heterocycles. The first-order chi connectivity index (χ1) is 8.85. The summed E-state index contributed by atoms with van der Waals surface area (Å²) >= 11 is 0. The normalized spacial score (nSPS) is 13.9. The highest BCUT2D eigenvalue weighted by molar-refractivity contribution is 5.96. The zero-order chi connectivity index (χ0) is 14.6. The summed E-state index contributed by atoms with van der Waals surface area (Å²) in [5.74, 6) is -0.813. The maximum absolute atomic E-state index is 12.1. The first-order valence-corrected chi connectivity index (χ1v) is 6.32. The smallest absolute Gasteiger partial charge is 0.311 e. The van der Waals surface area contributed by atoms with E-state index in [9.17, 15) is 9.59 Å². The molecule has 1 rings (SSSR count). The van der Waals surface area contributed by atoms with Crippen LogP contribution in [0.2, 0.25) is 0 Å². The fraction of sp³-hybridized carbons (Fsp3) is 0.615.